The molecule has 1 heterocycles. The molecule has 0 saturated heterocycles. The highest BCUT2D eigenvalue weighted by Gasteiger charge is 2.15. The molecule has 0 aliphatic carbocycles. The molecule has 0 spiro atoms. The lowest BCUT2D eigenvalue weighted by molar-refractivity contribution is 0.534. The van der Waals surface area contributed by atoms with Gasteiger partial charge in [0.05, 0.1) is 5.75 Å². The largest absolute Gasteiger partial charge is 0.440 e. The highest BCUT2D eigenvalue weighted by atomic mass is 32.2. The van der Waals surface area contributed by atoms with E-state index in [0.717, 1.165) is 16.7 Å². The topological polar surface area (TPSA) is 63.3 Å². The summed E-state index contributed by atoms with van der Waals surface area (Å²) in [6.45, 7) is 1.75. The molecule has 0 saturated carbocycles. The number of halogens is 1. The number of rotatable bonds is 4. The average Bonchev–Trinajstić information content (AvgIpc) is 2.90. The van der Waals surface area contributed by atoms with Gasteiger partial charge in [-0.05, 0) is 29.8 Å². The Labute approximate surface area is 135 Å². The maximum absolute atomic E-state index is 13.1. The van der Waals surface area contributed by atoms with Gasteiger partial charge in [0.1, 0.15) is 11.5 Å². The maximum Gasteiger partial charge on any atom is 0.192 e. The first-order valence-corrected chi connectivity index (χ1v) is 8.20. The van der Waals surface area contributed by atoms with Crippen LogP contribution in [-0.2, 0) is 16.8 Å². The molecule has 23 heavy (non-hydrogen) atoms. The Hall–Kier alpha value is -2.31. The van der Waals surface area contributed by atoms with Crippen LogP contribution >= 0.6 is 0 Å². The van der Waals surface area contributed by atoms with Crippen molar-refractivity contribution in [1.29, 1.82) is 0 Å². The molecule has 0 amide bonds. The molecule has 2 aromatic carbocycles. The van der Waals surface area contributed by atoms with E-state index in [1.807, 2.05) is 12.1 Å². The molecule has 0 radical (unpaired) electrons. The third kappa shape index (κ3) is 3.55. The minimum absolute atomic E-state index is 0.0839. The molecule has 1 aromatic heterocycles. The summed E-state index contributed by atoms with van der Waals surface area (Å²) in [6.07, 6.45) is 0. The van der Waals surface area contributed by atoms with Crippen LogP contribution in [0.1, 0.15) is 11.5 Å². The van der Waals surface area contributed by atoms with Gasteiger partial charge >= 0.3 is 0 Å². The van der Waals surface area contributed by atoms with E-state index in [2.05, 4.69) is 4.98 Å². The second kappa shape index (κ2) is 6.44. The van der Waals surface area contributed by atoms with E-state index in [-0.39, 0.29) is 11.6 Å². The van der Waals surface area contributed by atoms with E-state index in [4.69, 9.17) is 8.97 Å². The molecular formula is C17H14FNO3S. The third-order valence-corrected chi connectivity index (χ3v) is 3.94. The van der Waals surface area contributed by atoms with Crippen molar-refractivity contribution < 1.29 is 17.6 Å². The normalized spacial score (nSPS) is 12.3. The van der Waals surface area contributed by atoms with Gasteiger partial charge in [0, 0.05) is 18.1 Å². The van der Waals surface area contributed by atoms with Crippen LogP contribution < -0.4 is 0 Å². The summed E-state index contributed by atoms with van der Waals surface area (Å²) in [4.78, 5) is 4.38. The SMILES string of the molecule is Cc1nc(-c2ccc(F)cc2)c(-c2ccc(CS(=O)O)cc2)o1. The van der Waals surface area contributed by atoms with E-state index >= 15 is 0 Å². The first kappa shape index (κ1) is 15.6. The van der Waals surface area contributed by atoms with Crippen molar-refractivity contribution in [3.8, 4) is 22.6 Å². The van der Waals surface area contributed by atoms with Crippen molar-refractivity contribution in [3.63, 3.8) is 0 Å². The van der Waals surface area contributed by atoms with E-state index in [0.29, 0.717) is 17.3 Å². The van der Waals surface area contributed by atoms with Crippen molar-refractivity contribution in [3.05, 3.63) is 65.8 Å². The first-order valence-electron chi connectivity index (χ1n) is 6.93. The molecule has 0 aliphatic rings. The lowest BCUT2D eigenvalue weighted by Crippen LogP contribution is -1.92. The molecule has 6 heteroatoms. The summed E-state index contributed by atoms with van der Waals surface area (Å²) in [6, 6.07) is 13.2. The summed E-state index contributed by atoms with van der Waals surface area (Å²) >= 11 is -1.87. The molecule has 0 fully saturated rings. The lowest BCUT2D eigenvalue weighted by Gasteiger charge is -2.03. The van der Waals surface area contributed by atoms with Gasteiger partial charge in [-0.2, -0.15) is 0 Å². The number of hydrogen-bond acceptors (Lipinski definition) is 3. The number of aryl methyl sites for hydroxylation is 1. The highest BCUT2D eigenvalue weighted by Crippen LogP contribution is 2.32. The maximum atomic E-state index is 13.1. The van der Waals surface area contributed by atoms with Crippen LogP contribution in [0.5, 0.6) is 0 Å². The zero-order valence-corrected chi connectivity index (χ0v) is 13.1. The van der Waals surface area contributed by atoms with Crippen LogP contribution in [0.4, 0.5) is 4.39 Å². The minimum Gasteiger partial charge on any atom is -0.440 e. The van der Waals surface area contributed by atoms with Crippen LogP contribution in [-0.4, -0.2) is 13.7 Å². The zero-order chi connectivity index (χ0) is 16.4. The summed E-state index contributed by atoms with van der Waals surface area (Å²) < 4.78 is 38.6. The van der Waals surface area contributed by atoms with Gasteiger partial charge in [0.25, 0.3) is 0 Å². The molecule has 0 aliphatic heterocycles. The predicted molar refractivity (Wildman–Crippen MR) is 86.5 cm³/mol. The quantitative estimate of drug-likeness (QED) is 0.729. The molecule has 0 bridgehead atoms. The molecule has 4 nitrogen and oxygen atoms in total. The molecule has 1 atom stereocenters. The average molecular weight is 331 g/mol. The molecule has 3 aromatic rings. The molecule has 118 valence electrons. The van der Waals surface area contributed by atoms with Crippen molar-refractivity contribution in [2.75, 3.05) is 0 Å². The van der Waals surface area contributed by atoms with Crippen LogP contribution in [0.25, 0.3) is 22.6 Å². The fourth-order valence-corrected chi connectivity index (χ4v) is 2.80. The lowest BCUT2D eigenvalue weighted by atomic mass is 10.0. The number of aromatic nitrogens is 1. The first-order chi connectivity index (χ1) is 11.0. The van der Waals surface area contributed by atoms with Crippen molar-refractivity contribution in [2.45, 2.75) is 12.7 Å². The van der Waals surface area contributed by atoms with Crippen molar-refractivity contribution >= 4 is 11.1 Å². The van der Waals surface area contributed by atoms with Gasteiger partial charge in [-0.3, -0.25) is 0 Å². The minimum atomic E-state index is -1.87. The summed E-state index contributed by atoms with van der Waals surface area (Å²) in [5.74, 6) is 0.878. The zero-order valence-electron chi connectivity index (χ0n) is 12.3. The molecule has 1 N–H and O–H groups in total. The molecular weight excluding hydrogens is 317 g/mol. The molecule has 1 unspecified atom stereocenters. The molecule has 3 rings (SSSR count). The van der Waals surface area contributed by atoms with Gasteiger partial charge < -0.3 is 8.97 Å². The number of nitrogens with zero attached hydrogens (tertiary/aromatic N) is 1. The van der Waals surface area contributed by atoms with Gasteiger partial charge in [-0.15, -0.1) is 0 Å². The van der Waals surface area contributed by atoms with Crippen LogP contribution in [0.15, 0.2) is 52.9 Å². The van der Waals surface area contributed by atoms with Crippen LogP contribution in [0.3, 0.4) is 0 Å². The fourth-order valence-electron chi connectivity index (χ4n) is 2.32. The Morgan fingerprint density at radius 1 is 1.09 bits per heavy atom. The monoisotopic (exact) mass is 331 g/mol. The Kier molecular flexibility index (Phi) is 4.36. The number of benzene rings is 2. The van der Waals surface area contributed by atoms with Gasteiger partial charge in [-0.1, -0.05) is 24.3 Å². The predicted octanol–water partition coefficient (Wildman–Crippen LogP) is 4.18. The van der Waals surface area contributed by atoms with Gasteiger partial charge in [-0.25, -0.2) is 13.6 Å². The number of oxazole rings is 1. The third-order valence-electron chi connectivity index (χ3n) is 3.36. The second-order valence-corrected chi connectivity index (χ2v) is 6.01. The van der Waals surface area contributed by atoms with Crippen LogP contribution in [0.2, 0.25) is 0 Å². The van der Waals surface area contributed by atoms with Crippen molar-refractivity contribution in [2.24, 2.45) is 0 Å². The Morgan fingerprint density at radius 2 is 1.70 bits per heavy atom. The summed E-state index contributed by atoms with van der Waals surface area (Å²) in [5, 5.41) is 0. The Bertz CT molecular complexity index is 841. The van der Waals surface area contributed by atoms with E-state index in [1.165, 1.54) is 12.1 Å². The van der Waals surface area contributed by atoms with E-state index < -0.39 is 11.1 Å². The number of hydrogen-bond donors (Lipinski definition) is 1. The standard InChI is InChI=1S/C17H14FNO3S/c1-11-19-16(13-6-8-15(18)9-7-13)17(22-11)14-4-2-12(3-5-14)10-23(20)21/h2-9H,10H2,1H3,(H,20,21). The van der Waals surface area contributed by atoms with E-state index in [9.17, 15) is 8.60 Å². The Balaban J connectivity index is 2.00. The van der Waals surface area contributed by atoms with Crippen molar-refractivity contribution in [1.82, 2.24) is 4.98 Å². The summed E-state index contributed by atoms with van der Waals surface area (Å²) in [5.41, 5.74) is 2.96. The van der Waals surface area contributed by atoms with E-state index in [1.54, 1.807) is 31.2 Å². The highest BCUT2D eigenvalue weighted by molar-refractivity contribution is 7.78. The van der Waals surface area contributed by atoms with Crippen LogP contribution in [0, 0.1) is 12.7 Å². The summed E-state index contributed by atoms with van der Waals surface area (Å²) in [7, 11) is 0. The second-order valence-electron chi connectivity index (χ2n) is 5.08. The smallest absolute Gasteiger partial charge is 0.192 e. The fraction of sp³-hybridized carbons (Fsp3) is 0.118. The van der Waals surface area contributed by atoms with Gasteiger partial charge in [0.2, 0.25) is 0 Å². The Morgan fingerprint density at radius 3 is 2.30 bits per heavy atom. The van der Waals surface area contributed by atoms with Gasteiger partial charge in [0.15, 0.2) is 22.7 Å².